The quantitative estimate of drug-likeness (QED) is 0.577. The summed E-state index contributed by atoms with van der Waals surface area (Å²) in [5.74, 6) is 2.23. The summed E-state index contributed by atoms with van der Waals surface area (Å²) in [7, 11) is 0. The molecular formula is C20H25N5O3. The van der Waals surface area contributed by atoms with E-state index in [1.54, 1.807) is 11.0 Å². The largest absolute Gasteiger partial charge is 0.493 e. The Labute approximate surface area is 163 Å². The number of para-hydroxylation sites is 1. The molecule has 0 aliphatic carbocycles. The van der Waals surface area contributed by atoms with Crippen molar-refractivity contribution in [3.05, 3.63) is 42.8 Å². The van der Waals surface area contributed by atoms with E-state index in [0.717, 1.165) is 37.1 Å². The van der Waals surface area contributed by atoms with E-state index in [1.165, 1.54) is 6.33 Å². The minimum Gasteiger partial charge on any atom is -0.493 e. The number of aryl methyl sites for hydroxylation is 1. The lowest BCUT2D eigenvalue weighted by atomic mass is 9.92. The number of ether oxygens (including phenoxy) is 2. The number of benzene rings is 1. The second-order valence-corrected chi connectivity index (χ2v) is 7.24. The summed E-state index contributed by atoms with van der Waals surface area (Å²) in [5, 5.41) is 8.30. The van der Waals surface area contributed by atoms with E-state index in [2.05, 4.69) is 34.1 Å². The van der Waals surface area contributed by atoms with Crippen LogP contribution in [0, 0.1) is 0 Å². The van der Waals surface area contributed by atoms with Crippen LogP contribution in [0.15, 0.2) is 41.4 Å². The molecule has 0 bridgehead atoms. The summed E-state index contributed by atoms with van der Waals surface area (Å²) in [6.45, 7) is 5.50. The van der Waals surface area contributed by atoms with Crippen molar-refractivity contribution in [1.29, 1.82) is 0 Å². The lowest BCUT2D eigenvalue weighted by molar-refractivity contribution is -0.0419. The molecule has 2 aromatic heterocycles. The maximum absolute atomic E-state index is 5.98. The third-order valence-corrected chi connectivity index (χ3v) is 4.87. The van der Waals surface area contributed by atoms with Gasteiger partial charge in [0.05, 0.1) is 24.4 Å². The molecule has 8 nitrogen and oxygen atoms in total. The normalized spacial score (nSPS) is 22.3. The molecule has 1 saturated heterocycles. The van der Waals surface area contributed by atoms with Crippen molar-refractivity contribution in [2.45, 2.75) is 57.8 Å². The van der Waals surface area contributed by atoms with Gasteiger partial charge in [0.15, 0.2) is 0 Å². The molecule has 0 saturated carbocycles. The van der Waals surface area contributed by atoms with Crippen LogP contribution in [0.25, 0.3) is 11.4 Å². The van der Waals surface area contributed by atoms with Gasteiger partial charge in [0.2, 0.25) is 11.7 Å². The van der Waals surface area contributed by atoms with Crippen LogP contribution in [-0.4, -0.2) is 43.7 Å². The van der Waals surface area contributed by atoms with Crippen LogP contribution < -0.4 is 4.74 Å². The SMILES string of the molecule is C[C@@H]1CC(c2nc(-c3ccccc3OCCCn3cncn3)no2)C[C@H](C)O1. The molecule has 8 heteroatoms. The topological polar surface area (TPSA) is 88.1 Å². The number of aromatic nitrogens is 5. The highest BCUT2D eigenvalue weighted by molar-refractivity contribution is 5.63. The molecule has 1 aromatic carbocycles. The monoisotopic (exact) mass is 383 g/mol. The predicted octanol–water partition coefficient (Wildman–Crippen LogP) is 3.47. The molecule has 3 aromatic rings. The van der Waals surface area contributed by atoms with Gasteiger partial charge in [0.25, 0.3) is 0 Å². The number of hydrogen-bond acceptors (Lipinski definition) is 7. The Bertz CT molecular complexity index is 870. The van der Waals surface area contributed by atoms with E-state index in [1.807, 2.05) is 24.3 Å². The maximum atomic E-state index is 5.98. The molecule has 1 unspecified atom stereocenters. The van der Waals surface area contributed by atoms with E-state index < -0.39 is 0 Å². The first-order valence-electron chi connectivity index (χ1n) is 9.72. The average molecular weight is 383 g/mol. The molecule has 0 amide bonds. The first-order chi connectivity index (χ1) is 13.7. The summed E-state index contributed by atoms with van der Waals surface area (Å²) in [4.78, 5) is 8.61. The zero-order valence-electron chi connectivity index (χ0n) is 16.2. The first-order valence-corrected chi connectivity index (χ1v) is 9.72. The fraction of sp³-hybridized carbons (Fsp3) is 0.500. The van der Waals surface area contributed by atoms with E-state index in [4.69, 9.17) is 14.0 Å². The van der Waals surface area contributed by atoms with Gasteiger partial charge < -0.3 is 14.0 Å². The molecule has 3 atom stereocenters. The van der Waals surface area contributed by atoms with E-state index >= 15 is 0 Å². The molecule has 1 fully saturated rings. The van der Waals surface area contributed by atoms with Crippen molar-refractivity contribution in [2.24, 2.45) is 0 Å². The van der Waals surface area contributed by atoms with Gasteiger partial charge >= 0.3 is 0 Å². The highest BCUT2D eigenvalue weighted by Crippen LogP contribution is 2.34. The predicted molar refractivity (Wildman–Crippen MR) is 102 cm³/mol. The molecule has 148 valence electrons. The number of hydrogen-bond donors (Lipinski definition) is 0. The van der Waals surface area contributed by atoms with Gasteiger partial charge in [-0.2, -0.15) is 10.1 Å². The first kappa shape index (κ1) is 18.6. The fourth-order valence-corrected chi connectivity index (χ4v) is 3.65. The summed E-state index contributed by atoms with van der Waals surface area (Å²) in [6, 6.07) is 7.78. The van der Waals surface area contributed by atoms with Gasteiger partial charge in [-0.1, -0.05) is 17.3 Å². The van der Waals surface area contributed by atoms with Crippen LogP contribution in [0.2, 0.25) is 0 Å². The third-order valence-electron chi connectivity index (χ3n) is 4.87. The smallest absolute Gasteiger partial charge is 0.230 e. The van der Waals surface area contributed by atoms with Crippen LogP contribution in [0.3, 0.4) is 0 Å². The van der Waals surface area contributed by atoms with Gasteiger partial charge in [-0.3, -0.25) is 4.68 Å². The van der Waals surface area contributed by atoms with Crippen LogP contribution >= 0.6 is 0 Å². The van der Waals surface area contributed by atoms with Crippen molar-refractivity contribution in [1.82, 2.24) is 24.9 Å². The Balaban J connectivity index is 1.42. The third kappa shape index (κ3) is 4.39. The summed E-state index contributed by atoms with van der Waals surface area (Å²) in [5.41, 5.74) is 0.839. The number of rotatable bonds is 7. The van der Waals surface area contributed by atoms with Crippen LogP contribution in [0.5, 0.6) is 5.75 Å². The Morgan fingerprint density at radius 1 is 1.18 bits per heavy atom. The van der Waals surface area contributed by atoms with Crippen LogP contribution in [0.1, 0.15) is 44.9 Å². The van der Waals surface area contributed by atoms with Gasteiger partial charge in [0, 0.05) is 18.9 Å². The van der Waals surface area contributed by atoms with E-state index in [-0.39, 0.29) is 18.1 Å². The molecule has 1 aliphatic heterocycles. The lowest BCUT2D eigenvalue weighted by Crippen LogP contribution is -2.28. The molecule has 1 aliphatic rings. The highest BCUT2D eigenvalue weighted by atomic mass is 16.5. The summed E-state index contributed by atoms with van der Waals surface area (Å²) >= 11 is 0. The Hall–Kier alpha value is -2.74. The Morgan fingerprint density at radius 2 is 2.00 bits per heavy atom. The van der Waals surface area contributed by atoms with Gasteiger partial charge in [0.1, 0.15) is 18.4 Å². The highest BCUT2D eigenvalue weighted by Gasteiger charge is 2.30. The van der Waals surface area contributed by atoms with Gasteiger partial charge in [-0.25, -0.2) is 4.98 Å². The second kappa shape index (κ2) is 8.52. The van der Waals surface area contributed by atoms with Crippen molar-refractivity contribution >= 4 is 0 Å². The molecule has 4 rings (SSSR count). The average Bonchev–Trinajstić information content (AvgIpc) is 3.37. The summed E-state index contributed by atoms with van der Waals surface area (Å²) < 4.78 is 19.2. The van der Waals surface area contributed by atoms with E-state index in [0.29, 0.717) is 18.3 Å². The fourth-order valence-electron chi connectivity index (χ4n) is 3.65. The van der Waals surface area contributed by atoms with E-state index in [9.17, 15) is 0 Å². The zero-order chi connectivity index (χ0) is 19.3. The second-order valence-electron chi connectivity index (χ2n) is 7.24. The van der Waals surface area contributed by atoms with Crippen molar-refractivity contribution < 1.29 is 14.0 Å². The van der Waals surface area contributed by atoms with Gasteiger partial charge in [-0.05, 0) is 38.8 Å². The zero-order valence-corrected chi connectivity index (χ0v) is 16.2. The van der Waals surface area contributed by atoms with Gasteiger partial charge in [-0.15, -0.1) is 0 Å². The van der Waals surface area contributed by atoms with Crippen molar-refractivity contribution in [3.8, 4) is 17.1 Å². The standard InChI is InChI=1S/C20H25N5O3/c1-14-10-16(11-15(2)27-14)20-23-19(24-28-20)17-6-3-4-7-18(17)26-9-5-8-25-13-21-12-22-25/h3-4,6-7,12-16H,5,8-11H2,1-2H3/t14-,15+,16?. The Morgan fingerprint density at radius 3 is 2.79 bits per heavy atom. The summed E-state index contributed by atoms with van der Waals surface area (Å²) in [6.07, 6.45) is 6.25. The van der Waals surface area contributed by atoms with Crippen LogP contribution in [0.4, 0.5) is 0 Å². The molecule has 28 heavy (non-hydrogen) atoms. The van der Waals surface area contributed by atoms with Crippen molar-refractivity contribution in [2.75, 3.05) is 6.61 Å². The minimum atomic E-state index is 0.199. The molecule has 0 N–H and O–H groups in total. The minimum absolute atomic E-state index is 0.199. The maximum Gasteiger partial charge on any atom is 0.230 e. The van der Waals surface area contributed by atoms with Crippen molar-refractivity contribution in [3.63, 3.8) is 0 Å². The molecule has 0 spiro atoms. The van der Waals surface area contributed by atoms with Crippen LogP contribution in [-0.2, 0) is 11.3 Å². The lowest BCUT2D eigenvalue weighted by Gasteiger charge is -2.29. The molecular weight excluding hydrogens is 358 g/mol. The Kier molecular flexibility index (Phi) is 5.66. The molecule has 0 radical (unpaired) electrons. The number of nitrogens with zero attached hydrogens (tertiary/aromatic N) is 5. The molecule has 3 heterocycles.